The molecular weight excluding hydrogens is 332 g/mol. The fraction of sp³-hybridized carbons (Fsp3) is 0.333. The van der Waals surface area contributed by atoms with Crippen molar-refractivity contribution in [2.75, 3.05) is 24.5 Å². The van der Waals surface area contributed by atoms with E-state index in [9.17, 15) is 4.79 Å². The maximum atomic E-state index is 12.4. The Labute approximate surface area is 150 Å². The maximum Gasteiger partial charge on any atom is 0.269 e. The lowest BCUT2D eigenvalue weighted by Gasteiger charge is -2.18. The Hall–Kier alpha value is -3.00. The monoisotopic (exact) mass is 352 g/mol. The molecule has 0 bridgehead atoms. The highest BCUT2D eigenvalue weighted by Gasteiger charge is 2.22. The van der Waals surface area contributed by atoms with Crippen LogP contribution in [0.5, 0.6) is 0 Å². The van der Waals surface area contributed by atoms with Gasteiger partial charge in [0.25, 0.3) is 5.56 Å². The third kappa shape index (κ3) is 3.36. The van der Waals surface area contributed by atoms with E-state index in [1.807, 2.05) is 18.2 Å². The Balaban J connectivity index is 1.49. The minimum atomic E-state index is -0.166. The third-order valence-corrected chi connectivity index (χ3v) is 4.68. The lowest BCUT2D eigenvalue weighted by atomic mass is 10.1. The molecule has 134 valence electrons. The molecule has 0 radical (unpaired) electrons. The summed E-state index contributed by atoms with van der Waals surface area (Å²) in [6.45, 7) is 2.69. The van der Waals surface area contributed by atoms with E-state index < -0.39 is 0 Å². The second-order valence-corrected chi connectivity index (χ2v) is 6.46. The second kappa shape index (κ2) is 7.09. The lowest BCUT2D eigenvalue weighted by molar-refractivity contribution is 0.370. The lowest BCUT2D eigenvalue weighted by Crippen LogP contribution is -2.27. The van der Waals surface area contributed by atoms with E-state index in [1.54, 1.807) is 24.7 Å². The van der Waals surface area contributed by atoms with Crippen LogP contribution in [-0.4, -0.2) is 39.6 Å². The van der Waals surface area contributed by atoms with Gasteiger partial charge in [-0.15, -0.1) is 0 Å². The largest absolute Gasteiger partial charge is 0.370 e. The zero-order valence-corrected chi connectivity index (χ0v) is 14.3. The summed E-state index contributed by atoms with van der Waals surface area (Å²) in [4.78, 5) is 18.5. The van der Waals surface area contributed by atoms with Gasteiger partial charge in [0.1, 0.15) is 12.2 Å². The molecule has 2 N–H and O–H groups in total. The summed E-state index contributed by atoms with van der Waals surface area (Å²) in [6.07, 6.45) is 6.17. The highest BCUT2D eigenvalue weighted by molar-refractivity contribution is 5.57. The van der Waals surface area contributed by atoms with E-state index in [-0.39, 0.29) is 12.1 Å². The minimum Gasteiger partial charge on any atom is -0.370 e. The summed E-state index contributed by atoms with van der Waals surface area (Å²) in [5, 5.41) is 8.33. The van der Waals surface area contributed by atoms with Crippen molar-refractivity contribution in [3.05, 3.63) is 59.0 Å². The van der Waals surface area contributed by atoms with E-state index in [4.69, 9.17) is 10.3 Å². The van der Waals surface area contributed by atoms with Gasteiger partial charge in [-0.2, -0.15) is 5.10 Å². The average Bonchev–Trinajstić information content (AvgIpc) is 3.33. The normalized spacial score (nSPS) is 17.0. The van der Waals surface area contributed by atoms with E-state index in [0.717, 1.165) is 30.8 Å². The molecule has 4 heterocycles. The fourth-order valence-corrected chi connectivity index (χ4v) is 3.17. The van der Waals surface area contributed by atoms with Gasteiger partial charge in [-0.1, -0.05) is 5.16 Å². The number of pyridine rings is 1. The minimum absolute atomic E-state index is 0.166. The zero-order chi connectivity index (χ0) is 17.9. The average molecular weight is 352 g/mol. The van der Waals surface area contributed by atoms with E-state index in [2.05, 4.69) is 20.1 Å². The standard InChI is InChI=1S/C18H20N6O2/c19-9-13-3-6-23(11-13)15-7-18(25)24(21-10-15)12-16-8-17(22-26-16)14-1-4-20-5-2-14/h1-2,4-5,7-8,10,13H,3,6,9,11-12,19H2/t13-/m0/s1. The summed E-state index contributed by atoms with van der Waals surface area (Å²) in [5.41, 5.74) is 8.03. The topological polar surface area (TPSA) is 103 Å². The van der Waals surface area contributed by atoms with Crippen LogP contribution in [0.15, 0.2) is 52.2 Å². The Morgan fingerprint density at radius 2 is 2.12 bits per heavy atom. The number of nitrogens with two attached hydrogens (primary N) is 1. The molecule has 0 spiro atoms. The molecule has 0 saturated carbocycles. The zero-order valence-electron chi connectivity index (χ0n) is 14.3. The molecule has 3 aromatic heterocycles. The first kappa shape index (κ1) is 16.5. The first-order valence-corrected chi connectivity index (χ1v) is 8.61. The molecule has 8 nitrogen and oxygen atoms in total. The van der Waals surface area contributed by atoms with Crippen molar-refractivity contribution >= 4 is 5.69 Å². The third-order valence-electron chi connectivity index (χ3n) is 4.68. The van der Waals surface area contributed by atoms with Crippen molar-refractivity contribution in [2.45, 2.75) is 13.0 Å². The van der Waals surface area contributed by atoms with Crippen LogP contribution in [-0.2, 0) is 6.54 Å². The molecule has 0 aromatic carbocycles. The molecule has 1 aliphatic heterocycles. The van der Waals surface area contributed by atoms with E-state index >= 15 is 0 Å². The van der Waals surface area contributed by atoms with Gasteiger partial charge in [0.15, 0.2) is 5.76 Å². The number of nitrogens with zero attached hydrogens (tertiary/aromatic N) is 5. The molecule has 0 aliphatic carbocycles. The summed E-state index contributed by atoms with van der Waals surface area (Å²) in [7, 11) is 0. The van der Waals surface area contributed by atoms with Gasteiger partial charge in [0.05, 0.1) is 11.9 Å². The number of anilines is 1. The van der Waals surface area contributed by atoms with E-state index in [1.165, 1.54) is 4.68 Å². The van der Waals surface area contributed by atoms with Gasteiger partial charge in [-0.25, -0.2) is 4.68 Å². The predicted octanol–water partition coefficient (Wildman–Crippen LogP) is 1.13. The Morgan fingerprint density at radius 1 is 1.27 bits per heavy atom. The van der Waals surface area contributed by atoms with Gasteiger partial charge in [0.2, 0.25) is 0 Å². The van der Waals surface area contributed by atoms with Crippen LogP contribution in [0, 0.1) is 5.92 Å². The Bertz CT molecular complexity index is 936. The van der Waals surface area contributed by atoms with Crippen LogP contribution in [0.4, 0.5) is 5.69 Å². The molecule has 1 aliphatic rings. The van der Waals surface area contributed by atoms with Gasteiger partial charge in [-0.3, -0.25) is 9.78 Å². The number of aromatic nitrogens is 4. The molecule has 0 unspecified atom stereocenters. The highest BCUT2D eigenvalue weighted by Crippen LogP contribution is 2.21. The highest BCUT2D eigenvalue weighted by atomic mass is 16.5. The molecule has 1 fully saturated rings. The fourth-order valence-electron chi connectivity index (χ4n) is 3.17. The van der Waals surface area contributed by atoms with Gasteiger partial charge < -0.3 is 15.2 Å². The molecule has 3 aromatic rings. The molecule has 26 heavy (non-hydrogen) atoms. The van der Waals surface area contributed by atoms with Gasteiger partial charge in [0, 0.05) is 43.2 Å². The van der Waals surface area contributed by atoms with Crippen LogP contribution in [0.2, 0.25) is 0 Å². The van der Waals surface area contributed by atoms with Crippen molar-refractivity contribution < 1.29 is 4.52 Å². The molecule has 1 atom stereocenters. The predicted molar refractivity (Wildman–Crippen MR) is 96.7 cm³/mol. The van der Waals surface area contributed by atoms with Gasteiger partial charge >= 0.3 is 0 Å². The van der Waals surface area contributed by atoms with Crippen molar-refractivity contribution in [3.8, 4) is 11.3 Å². The second-order valence-electron chi connectivity index (χ2n) is 6.46. The smallest absolute Gasteiger partial charge is 0.269 e. The van der Waals surface area contributed by atoms with Crippen LogP contribution in [0.25, 0.3) is 11.3 Å². The van der Waals surface area contributed by atoms with Crippen molar-refractivity contribution in [1.82, 2.24) is 19.9 Å². The van der Waals surface area contributed by atoms with Crippen molar-refractivity contribution in [3.63, 3.8) is 0 Å². The SMILES string of the molecule is NC[C@@H]1CCN(c2cnn(Cc3cc(-c4ccncc4)no3)c(=O)c2)C1. The molecule has 0 amide bonds. The first-order chi connectivity index (χ1) is 12.7. The summed E-state index contributed by atoms with van der Waals surface area (Å²) < 4.78 is 6.71. The summed E-state index contributed by atoms with van der Waals surface area (Å²) in [5.74, 6) is 1.06. The molecular formula is C18H20N6O2. The summed E-state index contributed by atoms with van der Waals surface area (Å²) >= 11 is 0. The van der Waals surface area contributed by atoms with E-state index in [0.29, 0.717) is 23.9 Å². The Morgan fingerprint density at radius 3 is 2.85 bits per heavy atom. The maximum absolute atomic E-state index is 12.4. The number of hydrogen-bond acceptors (Lipinski definition) is 7. The van der Waals surface area contributed by atoms with Crippen LogP contribution in [0.1, 0.15) is 12.2 Å². The van der Waals surface area contributed by atoms with Gasteiger partial charge in [-0.05, 0) is 31.0 Å². The van der Waals surface area contributed by atoms with Crippen molar-refractivity contribution in [2.24, 2.45) is 11.7 Å². The molecule has 4 rings (SSSR count). The number of hydrogen-bond donors (Lipinski definition) is 1. The van der Waals surface area contributed by atoms with Crippen LogP contribution >= 0.6 is 0 Å². The molecule has 8 heteroatoms. The van der Waals surface area contributed by atoms with Crippen LogP contribution in [0.3, 0.4) is 0 Å². The number of rotatable bonds is 5. The van der Waals surface area contributed by atoms with Crippen LogP contribution < -0.4 is 16.2 Å². The Kier molecular flexibility index (Phi) is 4.49. The quantitative estimate of drug-likeness (QED) is 0.734. The molecule has 1 saturated heterocycles. The first-order valence-electron chi connectivity index (χ1n) is 8.61. The van der Waals surface area contributed by atoms with Crippen molar-refractivity contribution in [1.29, 1.82) is 0 Å². The summed E-state index contributed by atoms with van der Waals surface area (Å²) in [6, 6.07) is 7.13.